The number of carbonyl (C=O) groups is 2. The summed E-state index contributed by atoms with van der Waals surface area (Å²) < 4.78 is 0. The normalized spacial score (nSPS) is 12.8. The minimum Gasteiger partial charge on any atom is -0.352 e. The molecule has 0 fully saturated rings. The van der Waals surface area contributed by atoms with E-state index in [-0.39, 0.29) is 11.8 Å². The SMILES string of the molecule is C#Cc1cccc(NC(=O)C(NC(N)=O)C(C)CC)c1. The number of terminal acetylenes is 1. The van der Waals surface area contributed by atoms with Gasteiger partial charge in [-0.05, 0) is 24.1 Å². The monoisotopic (exact) mass is 273 g/mol. The first kappa shape index (κ1) is 15.6. The highest BCUT2D eigenvalue weighted by molar-refractivity contribution is 5.97. The van der Waals surface area contributed by atoms with Crippen LogP contribution in [0.5, 0.6) is 0 Å². The van der Waals surface area contributed by atoms with Crippen molar-refractivity contribution in [1.29, 1.82) is 0 Å². The Hall–Kier alpha value is -2.48. The lowest BCUT2D eigenvalue weighted by molar-refractivity contribution is -0.119. The van der Waals surface area contributed by atoms with Crippen molar-refractivity contribution in [2.24, 2.45) is 11.7 Å². The second kappa shape index (κ2) is 7.19. The second-order valence-electron chi connectivity index (χ2n) is 4.59. The molecule has 0 saturated carbocycles. The molecule has 0 aromatic heterocycles. The molecule has 0 aliphatic carbocycles. The van der Waals surface area contributed by atoms with Crippen molar-refractivity contribution in [2.75, 3.05) is 5.32 Å². The van der Waals surface area contributed by atoms with Crippen LogP contribution in [0.25, 0.3) is 0 Å². The molecule has 0 heterocycles. The summed E-state index contributed by atoms with van der Waals surface area (Å²) in [5, 5.41) is 5.20. The molecule has 5 nitrogen and oxygen atoms in total. The van der Waals surface area contributed by atoms with Gasteiger partial charge in [-0.25, -0.2) is 4.79 Å². The van der Waals surface area contributed by atoms with Crippen LogP contribution in [0.4, 0.5) is 10.5 Å². The molecule has 0 spiro atoms. The Morgan fingerprint density at radius 3 is 2.70 bits per heavy atom. The number of nitrogens with two attached hydrogens (primary N) is 1. The summed E-state index contributed by atoms with van der Waals surface area (Å²) >= 11 is 0. The molecule has 5 heteroatoms. The summed E-state index contributed by atoms with van der Waals surface area (Å²) in [5.41, 5.74) is 6.37. The number of hydrogen-bond donors (Lipinski definition) is 3. The van der Waals surface area contributed by atoms with Crippen LogP contribution in [0, 0.1) is 18.3 Å². The van der Waals surface area contributed by atoms with Crippen molar-refractivity contribution >= 4 is 17.6 Å². The van der Waals surface area contributed by atoms with Crippen LogP contribution in [0.3, 0.4) is 0 Å². The average molecular weight is 273 g/mol. The van der Waals surface area contributed by atoms with E-state index in [4.69, 9.17) is 12.2 Å². The summed E-state index contributed by atoms with van der Waals surface area (Å²) in [6.45, 7) is 3.81. The Morgan fingerprint density at radius 1 is 1.45 bits per heavy atom. The van der Waals surface area contributed by atoms with Gasteiger partial charge in [-0.2, -0.15) is 0 Å². The zero-order valence-corrected chi connectivity index (χ0v) is 11.6. The van der Waals surface area contributed by atoms with Crippen molar-refractivity contribution in [1.82, 2.24) is 5.32 Å². The average Bonchev–Trinajstić information content (AvgIpc) is 2.43. The van der Waals surface area contributed by atoms with Gasteiger partial charge >= 0.3 is 6.03 Å². The number of amides is 3. The molecule has 2 unspecified atom stereocenters. The van der Waals surface area contributed by atoms with E-state index in [0.717, 1.165) is 6.42 Å². The van der Waals surface area contributed by atoms with E-state index in [2.05, 4.69) is 16.6 Å². The van der Waals surface area contributed by atoms with E-state index in [0.29, 0.717) is 11.3 Å². The summed E-state index contributed by atoms with van der Waals surface area (Å²) in [6, 6.07) is 5.55. The highest BCUT2D eigenvalue weighted by Gasteiger charge is 2.25. The third-order valence-corrected chi connectivity index (χ3v) is 3.09. The number of hydrogen-bond acceptors (Lipinski definition) is 2. The molecule has 106 valence electrons. The Balaban J connectivity index is 2.84. The predicted octanol–water partition coefficient (Wildman–Crippen LogP) is 1.69. The van der Waals surface area contributed by atoms with Crippen molar-refractivity contribution in [3.8, 4) is 12.3 Å². The number of nitrogens with one attached hydrogen (secondary N) is 2. The maximum absolute atomic E-state index is 12.2. The van der Waals surface area contributed by atoms with Crippen LogP contribution >= 0.6 is 0 Å². The van der Waals surface area contributed by atoms with Gasteiger partial charge in [0.05, 0.1) is 0 Å². The number of primary amides is 1. The van der Waals surface area contributed by atoms with Gasteiger partial charge < -0.3 is 16.4 Å². The van der Waals surface area contributed by atoms with Crippen LogP contribution in [0.1, 0.15) is 25.8 Å². The van der Waals surface area contributed by atoms with Gasteiger partial charge in [-0.3, -0.25) is 4.79 Å². The first-order valence-corrected chi connectivity index (χ1v) is 6.41. The smallest absolute Gasteiger partial charge is 0.312 e. The van der Waals surface area contributed by atoms with E-state index in [1.165, 1.54) is 0 Å². The number of rotatable bonds is 5. The van der Waals surface area contributed by atoms with E-state index in [9.17, 15) is 9.59 Å². The fraction of sp³-hybridized carbons (Fsp3) is 0.333. The van der Waals surface area contributed by atoms with Gasteiger partial charge in [0.15, 0.2) is 0 Å². The number of anilines is 1. The largest absolute Gasteiger partial charge is 0.352 e. The second-order valence-corrected chi connectivity index (χ2v) is 4.59. The molecule has 20 heavy (non-hydrogen) atoms. The standard InChI is InChI=1S/C15H19N3O2/c1-4-10(3)13(18-15(16)20)14(19)17-12-8-6-7-11(5-2)9-12/h2,6-10,13H,4H2,1,3H3,(H,17,19)(H3,16,18,20). The Labute approximate surface area is 118 Å². The lowest BCUT2D eigenvalue weighted by atomic mass is 9.98. The van der Waals surface area contributed by atoms with Crippen LogP contribution in [0.2, 0.25) is 0 Å². The minimum absolute atomic E-state index is 0.0293. The van der Waals surface area contributed by atoms with Gasteiger partial charge in [0.1, 0.15) is 6.04 Å². The zero-order valence-electron chi connectivity index (χ0n) is 11.6. The van der Waals surface area contributed by atoms with Crippen LogP contribution in [-0.4, -0.2) is 18.0 Å². The predicted molar refractivity (Wildman–Crippen MR) is 79.0 cm³/mol. The molecule has 0 radical (unpaired) electrons. The van der Waals surface area contributed by atoms with Gasteiger partial charge in [-0.1, -0.05) is 32.3 Å². The fourth-order valence-electron chi connectivity index (χ4n) is 1.76. The lowest BCUT2D eigenvalue weighted by Crippen LogP contribution is -2.49. The summed E-state index contributed by atoms with van der Waals surface area (Å²) in [4.78, 5) is 23.2. The quantitative estimate of drug-likeness (QED) is 0.713. The maximum Gasteiger partial charge on any atom is 0.312 e. The van der Waals surface area contributed by atoms with Crippen LogP contribution < -0.4 is 16.4 Å². The molecular formula is C15H19N3O2. The molecule has 1 aromatic carbocycles. The molecule has 1 aromatic rings. The molecule has 0 aliphatic heterocycles. The van der Waals surface area contributed by atoms with E-state index in [1.807, 2.05) is 13.8 Å². The number of carbonyl (C=O) groups excluding carboxylic acids is 2. The van der Waals surface area contributed by atoms with Crippen molar-refractivity contribution in [2.45, 2.75) is 26.3 Å². The third-order valence-electron chi connectivity index (χ3n) is 3.09. The Kier molecular flexibility index (Phi) is 5.60. The molecule has 3 amide bonds. The van der Waals surface area contributed by atoms with E-state index in [1.54, 1.807) is 24.3 Å². The molecular weight excluding hydrogens is 254 g/mol. The van der Waals surface area contributed by atoms with E-state index < -0.39 is 12.1 Å². The van der Waals surface area contributed by atoms with E-state index >= 15 is 0 Å². The first-order chi connectivity index (χ1) is 9.47. The van der Waals surface area contributed by atoms with Crippen molar-refractivity contribution < 1.29 is 9.59 Å². The highest BCUT2D eigenvalue weighted by atomic mass is 16.2. The van der Waals surface area contributed by atoms with Crippen molar-refractivity contribution in [3.05, 3.63) is 29.8 Å². The first-order valence-electron chi connectivity index (χ1n) is 6.41. The summed E-state index contributed by atoms with van der Waals surface area (Å²) in [7, 11) is 0. The lowest BCUT2D eigenvalue weighted by Gasteiger charge is -2.22. The summed E-state index contributed by atoms with van der Waals surface area (Å²) in [6.07, 6.45) is 6.05. The van der Waals surface area contributed by atoms with Gasteiger partial charge in [-0.15, -0.1) is 6.42 Å². The third kappa shape index (κ3) is 4.32. The van der Waals surface area contributed by atoms with Crippen LogP contribution in [-0.2, 0) is 4.79 Å². The minimum atomic E-state index is -0.720. The fourth-order valence-corrected chi connectivity index (χ4v) is 1.76. The molecule has 4 N–H and O–H groups in total. The maximum atomic E-state index is 12.2. The van der Waals surface area contributed by atoms with Gasteiger partial charge in [0.2, 0.25) is 5.91 Å². The van der Waals surface area contributed by atoms with Crippen molar-refractivity contribution in [3.63, 3.8) is 0 Å². The number of benzene rings is 1. The molecule has 1 rings (SSSR count). The summed E-state index contributed by atoms with van der Waals surface area (Å²) in [5.74, 6) is 2.15. The van der Waals surface area contributed by atoms with Crippen LogP contribution in [0.15, 0.2) is 24.3 Å². The van der Waals surface area contributed by atoms with Gasteiger partial charge in [0, 0.05) is 11.3 Å². The number of urea groups is 1. The Morgan fingerprint density at radius 2 is 2.15 bits per heavy atom. The molecule has 0 bridgehead atoms. The Bertz CT molecular complexity index is 534. The topological polar surface area (TPSA) is 84.2 Å². The molecule has 0 aliphatic rings. The molecule has 2 atom stereocenters. The molecule has 0 saturated heterocycles. The highest BCUT2D eigenvalue weighted by Crippen LogP contribution is 2.13. The zero-order chi connectivity index (χ0) is 15.1. The van der Waals surface area contributed by atoms with Gasteiger partial charge in [0.25, 0.3) is 0 Å².